The number of rotatable bonds is 4. The van der Waals surface area contributed by atoms with Gasteiger partial charge in [-0.25, -0.2) is 4.79 Å². The maximum Gasteiger partial charge on any atom is 0.328 e. The smallest absolute Gasteiger partial charge is 0.328 e. The van der Waals surface area contributed by atoms with Crippen molar-refractivity contribution in [2.24, 2.45) is 11.8 Å². The Morgan fingerprint density at radius 1 is 1.33 bits per heavy atom. The number of hydrogen-bond acceptors (Lipinski definition) is 2. The molecule has 1 aliphatic carbocycles. The highest BCUT2D eigenvalue weighted by molar-refractivity contribution is 6.32. The zero-order chi connectivity index (χ0) is 15.4. The van der Waals surface area contributed by atoms with Crippen molar-refractivity contribution in [2.75, 3.05) is 0 Å². The number of aliphatic carboxylic acids is 1. The van der Waals surface area contributed by atoms with E-state index in [0.29, 0.717) is 22.3 Å². The van der Waals surface area contributed by atoms with Crippen LogP contribution in [0.4, 0.5) is 0 Å². The van der Waals surface area contributed by atoms with Crippen molar-refractivity contribution in [3.63, 3.8) is 0 Å². The van der Waals surface area contributed by atoms with E-state index in [9.17, 15) is 4.79 Å². The molecule has 1 aliphatic rings. The Kier molecular flexibility index (Phi) is 5.29. The van der Waals surface area contributed by atoms with Crippen LogP contribution in [0.3, 0.4) is 0 Å². The molecule has 1 aromatic carbocycles. The fourth-order valence-corrected chi connectivity index (χ4v) is 2.95. The Labute approximate surface area is 130 Å². The lowest BCUT2D eigenvalue weighted by Gasteiger charge is -2.32. The minimum atomic E-state index is -0.999. The van der Waals surface area contributed by atoms with E-state index in [1.807, 2.05) is 12.1 Å². The average Bonchev–Trinajstić information content (AvgIpc) is 2.42. The lowest BCUT2D eigenvalue weighted by atomic mass is 9.80. The second-order valence-electron chi connectivity index (χ2n) is 5.83. The SMILES string of the molecule is CC1CCC(Oc2cccc(Cl)c2/C=C/C(=O)O)CC1C. The van der Waals surface area contributed by atoms with E-state index in [2.05, 4.69) is 13.8 Å². The molecule has 114 valence electrons. The third-order valence-corrected chi connectivity index (χ3v) is 4.58. The lowest BCUT2D eigenvalue weighted by molar-refractivity contribution is -0.131. The van der Waals surface area contributed by atoms with Gasteiger partial charge >= 0.3 is 5.97 Å². The van der Waals surface area contributed by atoms with Crippen LogP contribution in [-0.2, 0) is 4.79 Å². The Hall–Kier alpha value is -1.48. The molecule has 1 aromatic rings. The van der Waals surface area contributed by atoms with E-state index in [1.54, 1.807) is 6.07 Å². The van der Waals surface area contributed by atoms with Crippen molar-refractivity contribution in [1.29, 1.82) is 0 Å². The molecule has 2 rings (SSSR count). The van der Waals surface area contributed by atoms with Crippen LogP contribution in [0.2, 0.25) is 5.02 Å². The van der Waals surface area contributed by atoms with Crippen LogP contribution in [-0.4, -0.2) is 17.2 Å². The molecule has 0 spiro atoms. The van der Waals surface area contributed by atoms with Gasteiger partial charge in [-0.15, -0.1) is 0 Å². The molecule has 3 nitrogen and oxygen atoms in total. The summed E-state index contributed by atoms with van der Waals surface area (Å²) in [7, 11) is 0. The topological polar surface area (TPSA) is 46.5 Å². The van der Waals surface area contributed by atoms with E-state index in [4.69, 9.17) is 21.4 Å². The standard InChI is InChI=1S/C17H21ClO3/c1-11-6-7-13(10-12(11)2)21-16-5-3-4-15(18)14(16)8-9-17(19)20/h3-5,8-9,11-13H,6-7,10H2,1-2H3,(H,19,20)/b9-8+. The Morgan fingerprint density at radius 2 is 2.10 bits per heavy atom. The van der Waals surface area contributed by atoms with Gasteiger partial charge in [-0.05, 0) is 49.3 Å². The Balaban J connectivity index is 2.16. The molecule has 0 aromatic heterocycles. The van der Waals surface area contributed by atoms with Crippen molar-refractivity contribution in [2.45, 2.75) is 39.2 Å². The fourth-order valence-electron chi connectivity index (χ4n) is 2.72. The predicted octanol–water partition coefficient (Wildman–Crippen LogP) is 4.64. The lowest BCUT2D eigenvalue weighted by Crippen LogP contribution is -2.28. The molecule has 21 heavy (non-hydrogen) atoms. The summed E-state index contributed by atoms with van der Waals surface area (Å²) in [6.45, 7) is 4.53. The number of halogens is 1. The molecule has 3 atom stereocenters. The second-order valence-corrected chi connectivity index (χ2v) is 6.24. The molecule has 0 bridgehead atoms. The minimum Gasteiger partial charge on any atom is -0.490 e. The number of carboxylic acid groups (broad SMARTS) is 1. The first kappa shape index (κ1) is 15.9. The molecule has 0 saturated heterocycles. The molecule has 1 saturated carbocycles. The number of benzene rings is 1. The van der Waals surface area contributed by atoms with Gasteiger partial charge in [-0.2, -0.15) is 0 Å². The predicted molar refractivity (Wildman–Crippen MR) is 84.7 cm³/mol. The third kappa shape index (κ3) is 4.24. The van der Waals surface area contributed by atoms with Crippen molar-refractivity contribution in [3.8, 4) is 5.75 Å². The molecule has 0 aliphatic heterocycles. The van der Waals surface area contributed by atoms with E-state index in [0.717, 1.165) is 31.3 Å². The van der Waals surface area contributed by atoms with Crippen molar-refractivity contribution in [1.82, 2.24) is 0 Å². The highest BCUT2D eigenvalue weighted by Crippen LogP contribution is 2.34. The molecule has 0 radical (unpaired) electrons. The van der Waals surface area contributed by atoms with E-state index in [-0.39, 0.29) is 6.10 Å². The van der Waals surface area contributed by atoms with Gasteiger partial charge in [0.05, 0.1) is 11.1 Å². The maximum absolute atomic E-state index is 10.7. The molecule has 3 unspecified atom stereocenters. The quantitative estimate of drug-likeness (QED) is 0.824. The van der Waals surface area contributed by atoms with Crippen LogP contribution in [0.15, 0.2) is 24.3 Å². The highest BCUT2D eigenvalue weighted by atomic mass is 35.5. The van der Waals surface area contributed by atoms with E-state index in [1.165, 1.54) is 6.08 Å². The highest BCUT2D eigenvalue weighted by Gasteiger charge is 2.26. The number of carboxylic acids is 1. The Morgan fingerprint density at radius 3 is 2.76 bits per heavy atom. The summed E-state index contributed by atoms with van der Waals surface area (Å²) in [6.07, 6.45) is 5.96. The number of carbonyl (C=O) groups is 1. The molecule has 4 heteroatoms. The van der Waals surface area contributed by atoms with Gasteiger partial charge < -0.3 is 9.84 Å². The molecule has 1 N–H and O–H groups in total. The third-order valence-electron chi connectivity index (χ3n) is 4.25. The van der Waals surface area contributed by atoms with Gasteiger partial charge in [-0.3, -0.25) is 0 Å². The van der Waals surface area contributed by atoms with E-state index < -0.39 is 5.97 Å². The second kappa shape index (κ2) is 6.99. The summed E-state index contributed by atoms with van der Waals surface area (Å²) in [5.74, 6) is 1.03. The summed E-state index contributed by atoms with van der Waals surface area (Å²) in [4.78, 5) is 10.7. The first-order valence-electron chi connectivity index (χ1n) is 7.33. The largest absolute Gasteiger partial charge is 0.490 e. The number of ether oxygens (including phenoxy) is 1. The van der Waals surface area contributed by atoms with Crippen LogP contribution in [0.1, 0.15) is 38.7 Å². The van der Waals surface area contributed by atoms with Gasteiger partial charge in [0, 0.05) is 11.6 Å². The molecule has 0 amide bonds. The van der Waals surface area contributed by atoms with Gasteiger partial charge in [0.25, 0.3) is 0 Å². The van der Waals surface area contributed by atoms with Crippen LogP contribution >= 0.6 is 11.6 Å². The summed E-state index contributed by atoms with van der Waals surface area (Å²) < 4.78 is 6.09. The maximum atomic E-state index is 10.7. The van der Waals surface area contributed by atoms with Crippen LogP contribution < -0.4 is 4.74 Å². The van der Waals surface area contributed by atoms with Crippen LogP contribution in [0.25, 0.3) is 6.08 Å². The monoisotopic (exact) mass is 308 g/mol. The molecule has 1 fully saturated rings. The van der Waals surface area contributed by atoms with Crippen molar-refractivity contribution < 1.29 is 14.6 Å². The first-order chi connectivity index (χ1) is 9.97. The van der Waals surface area contributed by atoms with E-state index >= 15 is 0 Å². The zero-order valence-corrected chi connectivity index (χ0v) is 13.1. The van der Waals surface area contributed by atoms with Crippen LogP contribution in [0.5, 0.6) is 5.75 Å². The molecule has 0 heterocycles. The van der Waals surface area contributed by atoms with Gasteiger partial charge in [-0.1, -0.05) is 31.5 Å². The van der Waals surface area contributed by atoms with Crippen molar-refractivity contribution >= 4 is 23.6 Å². The Bertz CT molecular complexity index is 539. The minimum absolute atomic E-state index is 0.173. The summed E-state index contributed by atoms with van der Waals surface area (Å²) in [5, 5.41) is 9.27. The van der Waals surface area contributed by atoms with Gasteiger partial charge in [0.1, 0.15) is 5.75 Å². The van der Waals surface area contributed by atoms with Gasteiger partial charge in [0.15, 0.2) is 0 Å². The molecular weight excluding hydrogens is 288 g/mol. The molecular formula is C17H21ClO3. The van der Waals surface area contributed by atoms with Crippen molar-refractivity contribution in [3.05, 3.63) is 34.9 Å². The number of hydrogen-bond donors (Lipinski definition) is 1. The zero-order valence-electron chi connectivity index (χ0n) is 12.4. The summed E-state index contributed by atoms with van der Waals surface area (Å²) >= 11 is 6.16. The van der Waals surface area contributed by atoms with Crippen LogP contribution in [0, 0.1) is 11.8 Å². The summed E-state index contributed by atoms with van der Waals surface area (Å²) in [5.41, 5.74) is 0.632. The van der Waals surface area contributed by atoms with Gasteiger partial charge in [0.2, 0.25) is 0 Å². The average molecular weight is 309 g/mol. The fraction of sp³-hybridized carbons (Fsp3) is 0.471. The summed E-state index contributed by atoms with van der Waals surface area (Å²) in [6, 6.07) is 5.41. The first-order valence-corrected chi connectivity index (χ1v) is 7.71. The normalized spacial score (nSPS) is 26.0.